The second-order valence-corrected chi connectivity index (χ2v) is 5.52. The van der Waals surface area contributed by atoms with Crippen molar-refractivity contribution >= 4 is 5.97 Å². The Bertz CT molecular complexity index is 446. The molecule has 1 aromatic carbocycles. The van der Waals surface area contributed by atoms with Gasteiger partial charge in [-0.15, -0.1) is 0 Å². The molecule has 0 unspecified atom stereocenters. The van der Waals surface area contributed by atoms with Crippen LogP contribution in [0.5, 0.6) is 0 Å². The molecule has 0 aliphatic rings. The summed E-state index contributed by atoms with van der Waals surface area (Å²) in [7, 11) is 1.39. The molecule has 1 N–H and O–H groups in total. The highest BCUT2D eigenvalue weighted by Gasteiger charge is 2.27. The van der Waals surface area contributed by atoms with Crippen molar-refractivity contribution in [3.8, 4) is 0 Å². The van der Waals surface area contributed by atoms with Crippen LogP contribution in [0.3, 0.4) is 0 Å². The smallest absolute Gasteiger partial charge is 0.312 e. The van der Waals surface area contributed by atoms with E-state index in [-0.39, 0.29) is 11.8 Å². The van der Waals surface area contributed by atoms with E-state index < -0.39 is 5.41 Å². The normalized spacial score (nSPS) is 11.5. The highest BCUT2D eigenvalue weighted by atomic mass is 19.1. The van der Waals surface area contributed by atoms with E-state index in [4.69, 9.17) is 4.74 Å². The van der Waals surface area contributed by atoms with Gasteiger partial charge in [0.05, 0.1) is 12.5 Å². The SMILES string of the molecule is COC(=O)C(C)(C)CNCc1cc(C)c(F)c(C)c1. The lowest BCUT2D eigenvalue weighted by Gasteiger charge is -2.22. The maximum atomic E-state index is 13.5. The Kier molecular flexibility index (Phi) is 5.06. The van der Waals surface area contributed by atoms with Gasteiger partial charge >= 0.3 is 5.97 Å². The molecule has 0 saturated heterocycles. The predicted octanol–water partition coefficient (Wildman–Crippen LogP) is 2.73. The quantitative estimate of drug-likeness (QED) is 0.834. The predicted molar refractivity (Wildman–Crippen MR) is 73.4 cm³/mol. The lowest BCUT2D eigenvalue weighted by atomic mass is 9.93. The number of methoxy groups -OCH3 is 1. The fraction of sp³-hybridized carbons (Fsp3) is 0.533. The second-order valence-electron chi connectivity index (χ2n) is 5.52. The fourth-order valence-corrected chi connectivity index (χ4v) is 2.01. The molecule has 3 nitrogen and oxygen atoms in total. The van der Waals surface area contributed by atoms with E-state index in [9.17, 15) is 9.18 Å². The Hall–Kier alpha value is -1.42. The van der Waals surface area contributed by atoms with Gasteiger partial charge in [-0.1, -0.05) is 12.1 Å². The van der Waals surface area contributed by atoms with Gasteiger partial charge in [-0.25, -0.2) is 4.39 Å². The van der Waals surface area contributed by atoms with Crippen LogP contribution < -0.4 is 5.32 Å². The van der Waals surface area contributed by atoms with Crippen molar-refractivity contribution in [1.29, 1.82) is 0 Å². The molecule has 19 heavy (non-hydrogen) atoms. The van der Waals surface area contributed by atoms with E-state index in [0.29, 0.717) is 24.2 Å². The number of carbonyl (C=O) groups is 1. The van der Waals surface area contributed by atoms with Crippen LogP contribution in [-0.4, -0.2) is 19.6 Å². The van der Waals surface area contributed by atoms with Crippen molar-refractivity contribution in [1.82, 2.24) is 5.32 Å². The first-order chi connectivity index (χ1) is 8.77. The lowest BCUT2D eigenvalue weighted by molar-refractivity contribution is -0.150. The van der Waals surface area contributed by atoms with Gasteiger partial charge in [-0.05, 0) is 44.4 Å². The monoisotopic (exact) mass is 267 g/mol. The number of carbonyl (C=O) groups excluding carboxylic acids is 1. The van der Waals surface area contributed by atoms with E-state index in [1.54, 1.807) is 13.8 Å². The van der Waals surface area contributed by atoms with Gasteiger partial charge in [0.2, 0.25) is 0 Å². The first-order valence-electron chi connectivity index (χ1n) is 6.32. The number of hydrogen-bond donors (Lipinski definition) is 1. The number of nitrogens with one attached hydrogen (secondary N) is 1. The first-order valence-corrected chi connectivity index (χ1v) is 6.32. The summed E-state index contributed by atoms with van der Waals surface area (Å²) in [5, 5.41) is 3.21. The Morgan fingerprint density at radius 1 is 1.32 bits per heavy atom. The molecule has 0 spiro atoms. The van der Waals surface area contributed by atoms with Crippen molar-refractivity contribution in [2.75, 3.05) is 13.7 Å². The third-order valence-electron chi connectivity index (χ3n) is 3.13. The average Bonchev–Trinajstić information content (AvgIpc) is 2.34. The Morgan fingerprint density at radius 3 is 2.32 bits per heavy atom. The summed E-state index contributed by atoms with van der Waals surface area (Å²) in [4.78, 5) is 11.5. The molecule has 0 amide bonds. The van der Waals surface area contributed by atoms with Crippen molar-refractivity contribution in [3.63, 3.8) is 0 Å². The third kappa shape index (κ3) is 4.03. The Morgan fingerprint density at radius 2 is 1.84 bits per heavy atom. The minimum atomic E-state index is -0.571. The molecule has 106 valence electrons. The van der Waals surface area contributed by atoms with Gasteiger partial charge in [0.1, 0.15) is 5.82 Å². The largest absolute Gasteiger partial charge is 0.469 e. The molecule has 0 atom stereocenters. The molecular formula is C15H22FNO2. The number of aryl methyl sites for hydroxylation is 2. The first kappa shape index (κ1) is 15.6. The molecule has 0 aromatic heterocycles. The van der Waals surface area contributed by atoms with Gasteiger partial charge in [-0.2, -0.15) is 0 Å². The van der Waals surface area contributed by atoms with E-state index in [2.05, 4.69) is 5.32 Å². The van der Waals surface area contributed by atoms with E-state index >= 15 is 0 Å². The van der Waals surface area contributed by atoms with Crippen LogP contribution in [-0.2, 0) is 16.1 Å². The second kappa shape index (κ2) is 6.15. The standard InChI is InChI=1S/C15H22FNO2/c1-10-6-12(7-11(2)13(10)16)8-17-9-15(3,4)14(18)19-5/h6-7,17H,8-9H2,1-5H3. The van der Waals surface area contributed by atoms with Crippen molar-refractivity contribution < 1.29 is 13.9 Å². The van der Waals surface area contributed by atoms with Crippen molar-refractivity contribution in [2.24, 2.45) is 5.41 Å². The zero-order chi connectivity index (χ0) is 14.6. The van der Waals surface area contributed by atoms with Gasteiger partial charge in [0.15, 0.2) is 0 Å². The average molecular weight is 267 g/mol. The number of rotatable bonds is 5. The zero-order valence-electron chi connectivity index (χ0n) is 12.3. The highest BCUT2D eigenvalue weighted by molar-refractivity contribution is 5.76. The van der Waals surface area contributed by atoms with E-state index in [1.165, 1.54) is 7.11 Å². The maximum absolute atomic E-state index is 13.5. The number of hydrogen-bond acceptors (Lipinski definition) is 3. The molecular weight excluding hydrogens is 245 g/mol. The van der Waals surface area contributed by atoms with E-state index in [0.717, 1.165) is 5.56 Å². The van der Waals surface area contributed by atoms with Crippen LogP contribution in [0.25, 0.3) is 0 Å². The number of halogens is 1. The van der Waals surface area contributed by atoms with E-state index in [1.807, 2.05) is 26.0 Å². The van der Waals surface area contributed by atoms with Crippen molar-refractivity contribution in [3.05, 3.63) is 34.6 Å². The summed E-state index contributed by atoms with van der Waals surface area (Å²) in [6.07, 6.45) is 0. The van der Waals surface area contributed by atoms with Gasteiger partial charge < -0.3 is 10.1 Å². The van der Waals surface area contributed by atoms with Crippen molar-refractivity contribution in [2.45, 2.75) is 34.2 Å². The number of esters is 1. The molecule has 0 fully saturated rings. The summed E-state index contributed by atoms with van der Waals surface area (Å²) < 4.78 is 18.2. The minimum Gasteiger partial charge on any atom is -0.469 e. The van der Waals surface area contributed by atoms with Crippen LogP contribution in [0.4, 0.5) is 4.39 Å². The highest BCUT2D eigenvalue weighted by Crippen LogP contribution is 2.17. The molecule has 0 heterocycles. The van der Waals surface area contributed by atoms with Crippen LogP contribution in [0.15, 0.2) is 12.1 Å². The lowest BCUT2D eigenvalue weighted by Crippen LogP contribution is -2.36. The number of benzene rings is 1. The van der Waals surface area contributed by atoms with Crippen LogP contribution >= 0.6 is 0 Å². The molecule has 0 bridgehead atoms. The van der Waals surface area contributed by atoms with Crippen LogP contribution in [0.2, 0.25) is 0 Å². The summed E-state index contributed by atoms with van der Waals surface area (Å²) in [5.41, 5.74) is 1.73. The summed E-state index contributed by atoms with van der Waals surface area (Å²) in [6, 6.07) is 3.64. The van der Waals surface area contributed by atoms with Gasteiger partial charge in [0, 0.05) is 13.1 Å². The summed E-state index contributed by atoms with van der Waals surface area (Å²) in [5.74, 6) is -0.398. The summed E-state index contributed by atoms with van der Waals surface area (Å²) in [6.45, 7) is 8.27. The Labute approximate surface area is 114 Å². The van der Waals surface area contributed by atoms with Crippen LogP contribution in [0.1, 0.15) is 30.5 Å². The molecule has 0 aliphatic heterocycles. The number of ether oxygens (including phenoxy) is 1. The Balaban J connectivity index is 2.61. The third-order valence-corrected chi connectivity index (χ3v) is 3.13. The molecule has 1 rings (SSSR count). The van der Waals surface area contributed by atoms with Gasteiger partial charge in [0.25, 0.3) is 0 Å². The topological polar surface area (TPSA) is 38.3 Å². The minimum absolute atomic E-state index is 0.154. The maximum Gasteiger partial charge on any atom is 0.312 e. The molecule has 0 saturated carbocycles. The molecule has 4 heteroatoms. The zero-order valence-corrected chi connectivity index (χ0v) is 12.3. The molecule has 0 aliphatic carbocycles. The summed E-state index contributed by atoms with van der Waals surface area (Å²) >= 11 is 0. The fourth-order valence-electron chi connectivity index (χ4n) is 2.01. The molecule has 0 radical (unpaired) electrons. The van der Waals surface area contributed by atoms with Gasteiger partial charge in [-0.3, -0.25) is 4.79 Å². The molecule has 1 aromatic rings. The van der Waals surface area contributed by atoms with Crippen LogP contribution in [0, 0.1) is 25.1 Å².